The number of ether oxygens (including phenoxy) is 2. The molecule has 0 atom stereocenters. The zero-order chi connectivity index (χ0) is 23.4. The number of piperazine rings is 1. The quantitative estimate of drug-likeness (QED) is 0.509. The number of anilines is 1. The molecule has 176 valence electrons. The lowest BCUT2D eigenvalue weighted by Crippen LogP contribution is -2.50. The third-order valence-electron chi connectivity index (χ3n) is 5.52. The third-order valence-corrected chi connectivity index (χ3v) is 5.52. The first kappa shape index (κ1) is 22.9. The molecule has 4 rings (SSSR count). The number of nitrogens with zero attached hydrogens (tertiary/aromatic N) is 5. The van der Waals surface area contributed by atoms with Gasteiger partial charge in [-0.05, 0) is 57.5 Å². The fraction of sp³-hybridized carbons (Fsp3) is 0.480. The molecule has 0 unspecified atom stereocenters. The Morgan fingerprint density at radius 1 is 1.09 bits per heavy atom. The van der Waals surface area contributed by atoms with Crippen molar-refractivity contribution in [3.8, 4) is 17.0 Å². The minimum absolute atomic E-state index is 0.262. The van der Waals surface area contributed by atoms with Crippen LogP contribution in [0.4, 0.5) is 10.6 Å². The Balaban J connectivity index is 1.47. The molecule has 3 heterocycles. The summed E-state index contributed by atoms with van der Waals surface area (Å²) in [5.74, 6) is 1.75. The monoisotopic (exact) mass is 451 g/mol. The van der Waals surface area contributed by atoms with Gasteiger partial charge in [-0.15, -0.1) is 0 Å². The Bertz CT molecular complexity index is 1080. The number of benzene rings is 1. The van der Waals surface area contributed by atoms with Crippen molar-refractivity contribution in [2.45, 2.75) is 46.1 Å². The molecular formula is C25H33N5O3. The summed E-state index contributed by atoms with van der Waals surface area (Å²) in [6.07, 6.45) is 5.54. The Morgan fingerprint density at radius 2 is 1.82 bits per heavy atom. The number of aromatic nitrogens is 3. The van der Waals surface area contributed by atoms with Crippen molar-refractivity contribution < 1.29 is 14.3 Å². The molecule has 0 N–H and O–H groups in total. The summed E-state index contributed by atoms with van der Waals surface area (Å²) in [4.78, 5) is 21.0. The van der Waals surface area contributed by atoms with E-state index in [0.717, 1.165) is 47.8 Å². The van der Waals surface area contributed by atoms with Gasteiger partial charge in [0.15, 0.2) is 5.82 Å². The molecule has 33 heavy (non-hydrogen) atoms. The van der Waals surface area contributed by atoms with Crippen LogP contribution in [0.3, 0.4) is 0 Å². The first-order valence-electron chi connectivity index (χ1n) is 11.6. The van der Waals surface area contributed by atoms with Crippen molar-refractivity contribution in [2.75, 3.05) is 37.7 Å². The van der Waals surface area contributed by atoms with E-state index in [4.69, 9.17) is 14.6 Å². The van der Waals surface area contributed by atoms with E-state index in [1.165, 1.54) is 0 Å². The Labute approximate surface area is 195 Å². The van der Waals surface area contributed by atoms with Crippen LogP contribution in [-0.2, 0) is 4.74 Å². The van der Waals surface area contributed by atoms with E-state index < -0.39 is 5.60 Å². The molecule has 0 radical (unpaired) electrons. The van der Waals surface area contributed by atoms with E-state index in [0.29, 0.717) is 26.2 Å². The summed E-state index contributed by atoms with van der Waals surface area (Å²) in [5, 5.41) is 4.75. The van der Waals surface area contributed by atoms with Crippen molar-refractivity contribution in [1.82, 2.24) is 19.5 Å². The molecule has 0 bridgehead atoms. The van der Waals surface area contributed by atoms with E-state index in [9.17, 15) is 4.79 Å². The van der Waals surface area contributed by atoms with Crippen molar-refractivity contribution in [3.05, 3.63) is 42.7 Å². The minimum Gasteiger partial charge on any atom is -0.494 e. The van der Waals surface area contributed by atoms with Crippen molar-refractivity contribution in [3.63, 3.8) is 0 Å². The van der Waals surface area contributed by atoms with Gasteiger partial charge in [0.1, 0.15) is 16.9 Å². The second-order valence-corrected chi connectivity index (χ2v) is 9.29. The smallest absolute Gasteiger partial charge is 0.410 e. The molecule has 1 saturated heterocycles. The zero-order valence-electron chi connectivity index (χ0n) is 20.0. The van der Waals surface area contributed by atoms with Crippen LogP contribution in [0.15, 0.2) is 42.7 Å². The number of hydrogen-bond donors (Lipinski definition) is 0. The summed E-state index contributed by atoms with van der Waals surface area (Å²) in [7, 11) is 0. The second-order valence-electron chi connectivity index (χ2n) is 9.29. The highest BCUT2D eigenvalue weighted by atomic mass is 16.6. The lowest BCUT2D eigenvalue weighted by Gasteiger charge is -2.36. The maximum atomic E-state index is 12.4. The summed E-state index contributed by atoms with van der Waals surface area (Å²) in [6, 6.07) is 10.1. The van der Waals surface area contributed by atoms with Crippen LogP contribution in [0.1, 0.15) is 40.5 Å². The van der Waals surface area contributed by atoms with Gasteiger partial charge in [-0.1, -0.05) is 13.3 Å². The average molecular weight is 452 g/mol. The summed E-state index contributed by atoms with van der Waals surface area (Å²) < 4.78 is 13.1. The highest BCUT2D eigenvalue weighted by Gasteiger charge is 2.27. The Kier molecular flexibility index (Phi) is 6.72. The molecule has 8 heteroatoms. The molecule has 8 nitrogen and oxygen atoms in total. The van der Waals surface area contributed by atoms with Gasteiger partial charge in [0.2, 0.25) is 0 Å². The van der Waals surface area contributed by atoms with Gasteiger partial charge in [0.25, 0.3) is 0 Å². The molecule has 1 aliphatic rings. The Hall–Kier alpha value is -3.29. The van der Waals surface area contributed by atoms with Gasteiger partial charge in [-0.25, -0.2) is 14.3 Å². The van der Waals surface area contributed by atoms with Gasteiger partial charge < -0.3 is 19.3 Å². The molecule has 0 saturated carbocycles. The molecule has 3 aromatic rings. The Morgan fingerprint density at radius 3 is 2.48 bits per heavy atom. The summed E-state index contributed by atoms with van der Waals surface area (Å²) in [6.45, 7) is 11.1. The number of hydrogen-bond acceptors (Lipinski definition) is 6. The SMILES string of the molecule is CCCCOc1ccc(-c2cc3c(N4CCN(C(=O)OC(C)(C)C)CC4)nccn3n2)cc1. The second kappa shape index (κ2) is 9.68. The van der Waals surface area contributed by atoms with Crippen molar-refractivity contribution in [1.29, 1.82) is 0 Å². The largest absolute Gasteiger partial charge is 0.494 e. The van der Waals surface area contributed by atoms with E-state index in [1.54, 1.807) is 11.1 Å². The van der Waals surface area contributed by atoms with Gasteiger partial charge >= 0.3 is 6.09 Å². The third kappa shape index (κ3) is 5.56. The predicted octanol–water partition coefficient (Wildman–Crippen LogP) is 4.63. The molecular weight excluding hydrogens is 418 g/mol. The number of amides is 1. The van der Waals surface area contributed by atoms with E-state index >= 15 is 0 Å². The molecule has 1 aliphatic heterocycles. The summed E-state index contributed by atoms with van der Waals surface area (Å²) in [5.41, 5.74) is 2.37. The van der Waals surface area contributed by atoms with Crippen LogP contribution in [0.25, 0.3) is 16.8 Å². The van der Waals surface area contributed by atoms with E-state index in [1.807, 2.05) is 55.7 Å². The number of carbonyl (C=O) groups excluding carboxylic acids is 1. The number of carbonyl (C=O) groups is 1. The maximum Gasteiger partial charge on any atom is 0.410 e. The van der Waals surface area contributed by atoms with Crippen LogP contribution < -0.4 is 9.64 Å². The standard InChI is InChI=1S/C25H33N5O3/c1-5-6-17-32-20-9-7-19(8-10-20)21-18-22-23(26-11-12-30(22)27-21)28-13-15-29(16-14-28)24(31)33-25(2,3)4/h7-12,18H,5-6,13-17H2,1-4H3. The van der Waals surface area contributed by atoms with Crippen molar-refractivity contribution in [2.24, 2.45) is 0 Å². The normalized spacial score (nSPS) is 14.5. The van der Waals surface area contributed by atoms with Crippen molar-refractivity contribution >= 4 is 17.4 Å². The zero-order valence-corrected chi connectivity index (χ0v) is 20.0. The predicted molar refractivity (Wildman–Crippen MR) is 129 cm³/mol. The first-order chi connectivity index (χ1) is 15.8. The van der Waals surface area contributed by atoms with E-state index in [2.05, 4.69) is 22.9 Å². The lowest BCUT2D eigenvalue weighted by molar-refractivity contribution is 0.0240. The molecule has 1 amide bonds. The lowest BCUT2D eigenvalue weighted by atomic mass is 10.1. The van der Waals surface area contributed by atoms with Crippen LogP contribution in [0.5, 0.6) is 5.75 Å². The topological polar surface area (TPSA) is 72.2 Å². The molecule has 0 aliphatic carbocycles. The number of rotatable bonds is 6. The average Bonchev–Trinajstić information content (AvgIpc) is 3.23. The highest BCUT2D eigenvalue weighted by molar-refractivity contribution is 5.76. The maximum absolute atomic E-state index is 12.4. The summed E-state index contributed by atoms with van der Waals surface area (Å²) >= 11 is 0. The first-order valence-corrected chi connectivity index (χ1v) is 11.6. The minimum atomic E-state index is -0.491. The molecule has 0 spiro atoms. The van der Waals surface area contributed by atoms with Crippen LogP contribution >= 0.6 is 0 Å². The molecule has 2 aromatic heterocycles. The number of fused-ring (bicyclic) bond motifs is 1. The van der Waals surface area contributed by atoms with Gasteiger partial charge in [-0.3, -0.25) is 0 Å². The van der Waals surface area contributed by atoms with Gasteiger partial charge in [0.05, 0.1) is 12.3 Å². The van der Waals surface area contributed by atoms with Gasteiger partial charge in [-0.2, -0.15) is 5.10 Å². The fourth-order valence-electron chi connectivity index (χ4n) is 3.78. The molecule has 1 fully saturated rings. The number of unbranched alkanes of at least 4 members (excludes halogenated alkanes) is 1. The van der Waals surface area contributed by atoms with Crippen LogP contribution in [0.2, 0.25) is 0 Å². The fourth-order valence-corrected chi connectivity index (χ4v) is 3.78. The van der Waals surface area contributed by atoms with Crippen LogP contribution in [-0.4, -0.2) is 64.0 Å². The van der Waals surface area contributed by atoms with Gasteiger partial charge in [0, 0.05) is 44.1 Å². The van der Waals surface area contributed by atoms with Crippen LogP contribution in [0, 0.1) is 0 Å². The highest BCUT2D eigenvalue weighted by Crippen LogP contribution is 2.27. The van der Waals surface area contributed by atoms with E-state index in [-0.39, 0.29) is 6.09 Å². The molecule has 1 aromatic carbocycles.